The van der Waals surface area contributed by atoms with Crippen molar-refractivity contribution in [1.29, 1.82) is 5.26 Å². The molecule has 20 heavy (non-hydrogen) atoms. The number of aryl methyl sites for hydroxylation is 1. The monoisotopic (exact) mass is 270 g/mol. The Labute approximate surface area is 116 Å². The van der Waals surface area contributed by atoms with Crippen molar-refractivity contribution in [3.05, 3.63) is 58.5 Å². The molecule has 1 atom stereocenters. The fraction of sp³-hybridized carbons (Fsp3) is 0.200. The fourth-order valence-electron chi connectivity index (χ4n) is 2.16. The van der Waals surface area contributed by atoms with Crippen LogP contribution in [0.1, 0.15) is 22.7 Å². The molecule has 1 aromatic carbocycles. The smallest absolute Gasteiger partial charge is 0.339 e. The summed E-state index contributed by atoms with van der Waals surface area (Å²) in [5.41, 5.74) is 2.10. The molecule has 0 saturated carbocycles. The van der Waals surface area contributed by atoms with Crippen LogP contribution in [0.2, 0.25) is 0 Å². The highest BCUT2D eigenvalue weighted by Crippen LogP contribution is 2.30. The molecule has 0 aromatic heterocycles. The van der Waals surface area contributed by atoms with Crippen molar-refractivity contribution in [2.75, 3.05) is 7.05 Å². The summed E-state index contributed by atoms with van der Waals surface area (Å²) < 4.78 is 0. The Kier molecular flexibility index (Phi) is 3.49. The van der Waals surface area contributed by atoms with E-state index in [9.17, 15) is 9.90 Å². The summed E-state index contributed by atoms with van der Waals surface area (Å²) in [6.45, 7) is 1.84. The van der Waals surface area contributed by atoms with Crippen LogP contribution < -0.4 is 0 Å². The van der Waals surface area contributed by atoms with Gasteiger partial charge in [-0.15, -0.1) is 0 Å². The minimum atomic E-state index is -1.18. The number of benzene rings is 1. The van der Waals surface area contributed by atoms with Crippen LogP contribution in [0.5, 0.6) is 0 Å². The molecule has 0 saturated heterocycles. The fourth-order valence-corrected chi connectivity index (χ4v) is 2.16. The van der Waals surface area contributed by atoms with Gasteiger partial charge in [-0.1, -0.05) is 12.1 Å². The molecule has 2 N–H and O–H groups in total. The molecular formula is C15H14N2O3. The number of aliphatic carboxylic acids is 1. The Morgan fingerprint density at radius 2 is 2.15 bits per heavy atom. The zero-order chi connectivity index (χ0) is 14.9. The summed E-state index contributed by atoms with van der Waals surface area (Å²) in [6, 6.07) is 7.20. The van der Waals surface area contributed by atoms with Crippen molar-refractivity contribution >= 4 is 5.97 Å². The Balaban J connectivity index is 2.47. The zero-order valence-electron chi connectivity index (χ0n) is 11.2. The Hall–Kier alpha value is -2.74. The van der Waals surface area contributed by atoms with Gasteiger partial charge in [-0.3, -0.25) is 0 Å². The Bertz CT molecular complexity index is 668. The maximum atomic E-state index is 11.1. The number of rotatable bonds is 2. The van der Waals surface area contributed by atoms with Gasteiger partial charge in [0.2, 0.25) is 0 Å². The third kappa shape index (κ3) is 2.36. The number of carboxylic acid groups (broad SMARTS) is 1. The van der Waals surface area contributed by atoms with Gasteiger partial charge < -0.3 is 15.1 Å². The second-order valence-electron chi connectivity index (χ2n) is 4.70. The first-order chi connectivity index (χ1) is 9.43. The lowest BCUT2D eigenvalue weighted by atomic mass is 9.96. The first kappa shape index (κ1) is 13.7. The number of likely N-dealkylation sites (N-methyl/N-ethyl adjacent to an activating group) is 1. The third-order valence-electron chi connectivity index (χ3n) is 3.32. The average molecular weight is 270 g/mol. The second-order valence-corrected chi connectivity index (χ2v) is 4.70. The van der Waals surface area contributed by atoms with E-state index >= 15 is 0 Å². The predicted molar refractivity (Wildman–Crippen MR) is 72.8 cm³/mol. The van der Waals surface area contributed by atoms with Crippen LogP contribution in [0, 0.1) is 18.3 Å². The molecule has 1 aliphatic heterocycles. The molecule has 5 heteroatoms. The minimum absolute atomic E-state index is 0.132. The van der Waals surface area contributed by atoms with E-state index in [0.717, 1.165) is 11.1 Å². The van der Waals surface area contributed by atoms with Crippen LogP contribution in [-0.2, 0) is 4.79 Å². The Morgan fingerprint density at radius 3 is 2.75 bits per heavy atom. The number of nitrogens with zero attached hydrogens (tertiary/aromatic N) is 2. The second kappa shape index (κ2) is 5.10. The van der Waals surface area contributed by atoms with Crippen LogP contribution in [0.3, 0.4) is 0 Å². The Morgan fingerprint density at radius 1 is 1.45 bits per heavy atom. The highest BCUT2D eigenvalue weighted by Gasteiger charge is 2.24. The van der Waals surface area contributed by atoms with E-state index < -0.39 is 5.97 Å². The van der Waals surface area contributed by atoms with Gasteiger partial charge in [-0.05, 0) is 30.2 Å². The number of hydrogen-bond donors (Lipinski definition) is 2. The summed E-state index contributed by atoms with van der Waals surface area (Å²) >= 11 is 0. The van der Waals surface area contributed by atoms with Crippen LogP contribution in [0.15, 0.2) is 41.8 Å². The number of carboxylic acids is 1. The highest BCUT2D eigenvalue weighted by molar-refractivity contribution is 5.91. The lowest BCUT2D eigenvalue weighted by Gasteiger charge is -2.29. The molecular weight excluding hydrogens is 256 g/mol. The first-order valence-corrected chi connectivity index (χ1v) is 6.03. The van der Waals surface area contributed by atoms with Gasteiger partial charge in [0.25, 0.3) is 0 Å². The quantitative estimate of drug-likeness (QED) is 0.861. The van der Waals surface area contributed by atoms with Gasteiger partial charge >= 0.3 is 5.97 Å². The molecule has 0 spiro atoms. The van der Waals surface area contributed by atoms with E-state index in [1.54, 1.807) is 18.0 Å². The molecule has 0 radical (unpaired) electrons. The van der Waals surface area contributed by atoms with Gasteiger partial charge in [-0.25, -0.2) is 4.79 Å². The van der Waals surface area contributed by atoms with E-state index in [1.807, 2.05) is 19.1 Å². The van der Waals surface area contributed by atoms with E-state index in [0.29, 0.717) is 5.56 Å². The lowest BCUT2D eigenvalue weighted by Crippen LogP contribution is -2.24. The molecule has 102 valence electrons. The summed E-state index contributed by atoms with van der Waals surface area (Å²) in [6.07, 6.45) is 2.85. The molecule has 1 aliphatic rings. The molecule has 0 amide bonds. The topological polar surface area (TPSA) is 84.6 Å². The summed E-state index contributed by atoms with van der Waals surface area (Å²) in [4.78, 5) is 12.8. The van der Waals surface area contributed by atoms with Crippen LogP contribution >= 0.6 is 0 Å². The molecule has 2 rings (SSSR count). The van der Waals surface area contributed by atoms with Crippen molar-refractivity contribution in [3.63, 3.8) is 0 Å². The largest absolute Gasteiger partial charge is 0.506 e. The highest BCUT2D eigenvalue weighted by atomic mass is 16.4. The van der Waals surface area contributed by atoms with Gasteiger partial charge in [0.15, 0.2) is 0 Å². The lowest BCUT2D eigenvalue weighted by molar-refractivity contribution is -0.132. The molecule has 1 unspecified atom stereocenters. The molecule has 0 aliphatic carbocycles. The SMILES string of the molecule is Cc1ccc(C2C=C(C(=O)O)C(O)=CN2C)cc1C#N. The van der Waals surface area contributed by atoms with E-state index in [2.05, 4.69) is 6.07 Å². The van der Waals surface area contributed by atoms with Crippen molar-refractivity contribution in [2.24, 2.45) is 0 Å². The molecule has 0 fully saturated rings. The van der Waals surface area contributed by atoms with E-state index in [4.69, 9.17) is 10.4 Å². The van der Waals surface area contributed by atoms with Crippen molar-refractivity contribution < 1.29 is 15.0 Å². The summed E-state index contributed by atoms with van der Waals surface area (Å²) in [5, 5.41) is 27.8. The minimum Gasteiger partial charge on any atom is -0.506 e. The summed E-state index contributed by atoms with van der Waals surface area (Å²) in [5.74, 6) is -1.45. The number of aliphatic hydroxyl groups excluding tert-OH is 1. The number of carbonyl (C=O) groups is 1. The number of aliphatic hydroxyl groups is 1. The van der Waals surface area contributed by atoms with Crippen molar-refractivity contribution in [2.45, 2.75) is 13.0 Å². The average Bonchev–Trinajstić information content (AvgIpc) is 2.39. The maximum absolute atomic E-state index is 11.1. The molecule has 5 nitrogen and oxygen atoms in total. The van der Waals surface area contributed by atoms with Gasteiger partial charge in [-0.2, -0.15) is 5.26 Å². The van der Waals surface area contributed by atoms with Gasteiger partial charge in [0, 0.05) is 13.2 Å². The third-order valence-corrected chi connectivity index (χ3v) is 3.32. The van der Waals surface area contributed by atoms with Crippen LogP contribution in [0.25, 0.3) is 0 Å². The van der Waals surface area contributed by atoms with Gasteiger partial charge in [0.05, 0.1) is 17.7 Å². The van der Waals surface area contributed by atoms with E-state index in [1.165, 1.54) is 12.3 Å². The molecule has 0 bridgehead atoms. The van der Waals surface area contributed by atoms with Crippen molar-refractivity contribution in [1.82, 2.24) is 4.90 Å². The summed E-state index contributed by atoms with van der Waals surface area (Å²) in [7, 11) is 1.74. The number of hydrogen-bond acceptors (Lipinski definition) is 4. The zero-order valence-corrected chi connectivity index (χ0v) is 11.2. The molecule has 1 aromatic rings. The molecule has 1 heterocycles. The maximum Gasteiger partial charge on any atom is 0.339 e. The van der Waals surface area contributed by atoms with Crippen molar-refractivity contribution in [3.8, 4) is 6.07 Å². The number of nitriles is 1. The normalized spacial score (nSPS) is 18.1. The standard InChI is InChI=1S/C15H14N2O3/c1-9-3-4-10(5-11(9)7-16)13-6-12(15(19)20)14(18)8-17(13)2/h3-6,8,13,18H,1-2H3,(H,19,20). The van der Waals surface area contributed by atoms with Crippen LogP contribution in [-0.4, -0.2) is 28.1 Å². The first-order valence-electron chi connectivity index (χ1n) is 6.03. The van der Waals surface area contributed by atoms with Gasteiger partial charge in [0.1, 0.15) is 11.3 Å². The predicted octanol–water partition coefficient (Wildman–Crippen LogP) is 2.26. The van der Waals surface area contributed by atoms with Crippen LogP contribution in [0.4, 0.5) is 0 Å². The van der Waals surface area contributed by atoms with E-state index in [-0.39, 0.29) is 17.4 Å².